The molecule has 0 unspecified atom stereocenters. The van der Waals surface area contributed by atoms with Gasteiger partial charge in [0, 0.05) is 11.2 Å². The van der Waals surface area contributed by atoms with Crippen LogP contribution in [0.1, 0.15) is 16.1 Å². The minimum absolute atomic E-state index is 0.129. The number of imidazole rings is 1. The van der Waals surface area contributed by atoms with Crippen LogP contribution in [0.4, 0.5) is 0 Å². The van der Waals surface area contributed by atoms with Crippen molar-refractivity contribution in [2.24, 2.45) is 0 Å². The first-order valence-electron chi connectivity index (χ1n) is 8.14. The number of nitrogens with zero attached hydrogens (tertiary/aromatic N) is 2. The van der Waals surface area contributed by atoms with E-state index < -0.39 is 10.1 Å². The van der Waals surface area contributed by atoms with Gasteiger partial charge in [0.15, 0.2) is 0 Å². The van der Waals surface area contributed by atoms with Crippen molar-refractivity contribution in [2.75, 3.05) is 0 Å². The topological polar surface area (TPSA) is 71.7 Å². The van der Waals surface area contributed by atoms with E-state index in [-0.39, 0.29) is 4.21 Å². The minimum atomic E-state index is -4.21. The summed E-state index contributed by atoms with van der Waals surface area (Å²) in [5, 5.41) is 0.677. The van der Waals surface area contributed by atoms with Crippen LogP contribution in [0, 0.1) is 18.8 Å². The highest BCUT2D eigenvalue weighted by Gasteiger charge is 2.12. The first kappa shape index (κ1) is 18.7. The number of fused-ring (bicyclic) bond motifs is 1. The van der Waals surface area contributed by atoms with Crippen LogP contribution in [0.2, 0.25) is 5.02 Å². The Morgan fingerprint density at radius 1 is 1.11 bits per heavy atom. The van der Waals surface area contributed by atoms with E-state index in [0.29, 0.717) is 15.6 Å². The molecule has 0 aliphatic heterocycles. The molecule has 3 heterocycles. The molecule has 0 saturated carbocycles. The van der Waals surface area contributed by atoms with Gasteiger partial charge in [0.1, 0.15) is 15.6 Å². The second-order valence-corrected chi connectivity index (χ2v) is 9.27. The molecule has 4 rings (SSSR count). The summed E-state index contributed by atoms with van der Waals surface area (Å²) in [4.78, 5) is 4.97. The van der Waals surface area contributed by atoms with Gasteiger partial charge in [0.25, 0.3) is 0 Å². The lowest BCUT2D eigenvalue weighted by atomic mass is 10.1. The van der Waals surface area contributed by atoms with Crippen molar-refractivity contribution < 1.29 is 13.0 Å². The van der Waals surface area contributed by atoms with Crippen molar-refractivity contribution in [1.82, 2.24) is 9.38 Å². The van der Waals surface area contributed by atoms with Gasteiger partial charge in [-0.1, -0.05) is 23.7 Å². The van der Waals surface area contributed by atoms with Crippen LogP contribution in [0.5, 0.6) is 0 Å². The molecule has 0 fully saturated rings. The Bertz CT molecular complexity index is 1360. The van der Waals surface area contributed by atoms with Gasteiger partial charge in [0.05, 0.1) is 11.1 Å². The Balaban J connectivity index is 1.77. The molecule has 3 aromatic heterocycles. The van der Waals surface area contributed by atoms with Crippen molar-refractivity contribution in [3.63, 3.8) is 0 Å². The molecule has 1 aromatic carbocycles. The third-order valence-electron chi connectivity index (χ3n) is 4.12. The van der Waals surface area contributed by atoms with Crippen LogP contribution in [0.3, 0.4) is 0 Å². The van der Waals surface area contributed by atoms with Crippen LogP contribution in [0.25, 0.3) is 16.8 Å². The van der Waals surface area contributed by atoms with Gasteiger partial charge in [-0.15, -0.1) is 11.3 Å². The fourth-order valence-electron chi connectivity index (χ4n) is 2.80. The molecule has 0 amide bonds. The fraction of sp³-hybridized carbons (Fsp3) is 0.0500. The number of thiophene rings is 1. The highest BCUT2D eigenvalue weighted by atomic mass is 35.5. The standard InChI is InChI=1S/C20H13ClN2O3S2/c1-13-10-15(14-2-4-16(21)5-3-14)12-23-17(11-22-20(13)23)6-7-18-8-9-19(27-18)28(24,25)26/h2-5,8-12H,1H3,(H,24,25,26). The summed E-state index contributed by atoms with van der Waals surface area (Å²) in [6.07, 6.45) is 3.64. The molecule has 0 atom stereocenters. The van der Waals surface area contributed by atoms with Crippen LogP contribution in [-0.4, -0.2) is 22.4 Å². The number of benzene rings is 1. The average molecular weight is 429 g/mol. The molecular formula is C20H13ClN2O3S2. The van der Waals surface area contributed by atoms with Gasteiger partial charge in [-0.2, -0.15) is 8.42 Å². The van der Waals surface area contributed by atoms with Gasteiger partial charge in [0.2, 0.25) is 0 Å². The number of halogens is 1. The Morgan fingerprint density at radius 2 is 1.86 bits per heavy atom. The van der Waals surface area contributed by atoms with Gasteiger partial charge in [-0.25, -0.2) is 4.98 Å². The molecule has 0 bridgehead atoms. The highest BCUT2D eigenvalue weighted by molar-refractivity contribution is 7.88. The van der Waals surface area contributed by atoms with E-state index in [1.807, 2.05) is 41.8 Å². The van der Waals surface area contributed by atoms with Crippen LogP contribution in [0.15, 0.2) is 59.1 Å². The predicted molar refractivity (Wildman–Crippen MR) is 110 cm³/mol. The number of rotatable bonds is 2. The largest absolute Gasteiger partial charge is 0.304 e. The maximum atomic E-state index is 11.2. The van der Waals surface area contributed by atoms with E-state index in [1.54, 1.807) is 12.3 Å². The summed E-state index contributed by atoms with van der Waals surface area (Å²) in [7, 11) is -4.21. The number of hydrogen-bond donors (Lipinski definition) is 1. The molecule has 0 saturated heterocycles. The molecule has 0 spiro atoms. The molecule has 4 aromatic rings. The number of hydrogen-bond acceptors (Lipinski definition) is 4. The normalized spacial score (nSPS) is 11.4. The van der Waals surface area contributed by atoms with E-state index in [4.69, 9.17) is 16.2 Å². The van der Waals surface area contributed by atoms with Gasteiger partial charge in [-0.05, 0) is 65.8 Å². The van der Waals surface area contributed by atoms with Crippen molar-refractivity contribution in [3.8, 4) is 23.0 Å². The lowest BCUT2D eigenvalue weighted by Crippen LogP contribution is -1.93. The zero-order valence-electron chi connectivity index (χ0n) is 14.5. The number of pyridine rings is 1. The molecular weight excluding hydrogens is 416 g/mol. The van der Waals surface area contributed by atoms with E-state index in [0.717, 1.165) is 33.7 Å². The molecule has 140 valence electrons. The summed E-state index contributed by atoms with van der Waals surface area (Å²) < 4.78 is 33.2. The second kappa shape index (κ2) is 7.08. The van der Waals surface area contributed by atoms with Crippen molar-refractivity contribution >= 4 is 38.7 Å². The zero-order chi connectivity index (χ0) is 19.9. The third kappa shape index (κ3) is 3.68. The molecule has 8 heteroatoms. The predicted octanol–water partition coefficient (Wildman–Crippen LogP) is 4.67. The number of aryl methyl sites for hydroxylation is 1. The quantitative estimate of drug-likeness (QED) is 0.372. The van der Waals surface area contributed by atoms with Gasteiger partial charge >= 0.3 is 10.1 Å². The van der Waals surface area contributed by atoms with Crippen molar-refractivity contribution in [2.45, 2.75) is 11.1 Å². The second-order valence-electron chi connectivity index (χ2n) is 6.10. The van der Waals surface area contributed by atoms with Crippen molar-refractivity contribution in [1.29, 1.82) is 0 Å². The van der Waals surface area contributed by atoms with Crippen LogP contribution in [-0.2, 0) is 10.1 Å². The molecule has 28 heavy (non-hydrogen) atoms. The summed E-state index contributed by atoms with van der Waals surface area (Å²) >= 11 is 6.89. The molecule has 0 aliphatic carbocycles. The first-order valence-corrected chi connectivity index (χ1v) is 10.8. The Labute approximate surface area is 171 Å². The summed E-state index contributed by atoms with van der Waals surface area (Å²) in [5.74, 6) is 5.96. The Kier molecular flexibility index (Phi) is 4.73. The van der Waals surface area contributed by atoms with E-state index in [9.17, 15) is 8.42 Å². The Morgan fingerprint density at radius 3 is 2.54 bits per heavy atom. The summed E-state index contributed by atoms with van der Waals surface area (Å²) in [6.45, 7) is 1.98. The van der Waals surface area contributed by atoms with E-state index in [1.165, 1.54) is 6.07 Å². The van der Waals surface area contributed by atoms with Gasteiger partial charge < -0.3 is 0 Å². The summed E-state index contributed by atoms with van der Waals surface area (Å²) in [6, 6.07) is 12.5. The highest BCUT2D eigenvalue weighted by Crippen LogP contribution is 2.25. The molecule has 1 N–H and O–H groups in total. The monoisotopic (exact) mass is 428 g/mol. The first-order chi connectivity index (χ1) is 13.3. The lowest BCUT2D eigenvalue weighted by Gasteiger charge is -2.06. The van der Waals surface area contributed by atoms with Crippen molar-refractivity contribution in [3.05, 3.63) is 76.0 Å². The van der Waals surface area contributed by atoms with Crippen LogP contribution < -0.4 is 0 Å². The minimum Gasteiger partial charge on any atom is -0.292 e. The smallest absolute Gasteiger partial charge is 0.292 e. The zero-order valence-corrected chi connectivity index (χ0v) is 16.9. The van der Waals surface area contributed by atoms with Gasteiger partial charge in [-0.3, -0.25) is 8.95 Å². The fourth-order valence-corrected chi connectivity index (χ4v) is 4.45. The third-order valence-corrected chi connectivity index (χ3v) is 6.69. The SMILES string of the molecule is Cc1cc(-c2ccc(Cl)cc2)cn2c(C#Cc3ccc(S(=O)(=O)O)s3)cnc12. The van der Waals surface area contributed by atoms with E-state index >= 15 is 0 Å². The maximum absolute atomic E-state index is 11.2. The molecule has 5 nitrogen and oxygen atoms in total. The molecule has 0 radical (unpaired) electrons. The Hall–Kier alpha value is -2.63. The van der Waals surface area contributed by atoms with Crippen LogP contribution >= 0.6 is 22.9 Å². The van der Waals surface area contributed by atoms with E-state index in [2.05, 4.69) is 22.9 Å². The lowest BCUT2D eigenvalue weighted by molar-refractivity contribution is 0.485. The average Bonchev–Trinajstić information content (AvgIpc) is 3.27. The molecule has 0 aliphatic rings. The maximum Gasteiger partial charge on any atom is 0.304 e. The summed E-state index contributed by atoms with van der Waals surface area (Å²) in [5.41, 5.74) is 4.51. The number of aromatic nitrogens is 2.